The second-order valence-electron chi connectivity index (χ2n) is 3.15. The maximum Gasteiger partial charge on any atom is 0.222 e. The van der Waals surface area contributed by atoms with E-state index < -0.39 is 0 Å². The van der Waals surface area contributed by atoms with Gasteiger partial charge in [0, 0.05) is 25.0 Å². The van der Waals surface area contributed by atoms with Crippen LogP contribution in [-0.4, -0.2) is 29.4 Å². The Bertz CT molecular complexity index is 169. The van der Waals surface area contributed by atoms with Crippen LogP contribution in [0.3, 0.4) is 0 Å². The van der Waals surface area contributed by atoms with Crippen molar-refractivity contribution in [2.75, 3.05) is 6.54 Å². The standard InChI is InChI=1S/C7H12N2O/c8-5-3-4-9-6(5)1-2-7(9)10/h5-6H,1-4,8H2/t5-,6-/m0/s1. The van der Waals surface area contributed by atoms with Crippen LogP contribution in [-0.2, 0) is 4.79 Å². The molecule has 2 rings (SSSR count). The Kier molecular flexibility index (Phi) is 1.20. The Morgan fingerprint density at radius 1 is 1.50 bits per heavy atom. The summed E-state index contributed by atoms with van der Waals surface area (Å²) >= 11 is 0. The van der Waals surface area contributed by atoms with Gasteiger partial charge in [-0.1, -0.05) is 0 Å². The summed E-state index contributed by atoms with van der Waals surface area (Å²) in [5, 5.41) is 0. The number of hydrogen-bond acceptors (Lipinski definition) is 2. The summed E-state index contributed by atoms with van der Waals surface area (Å²) in [5.41, 5.74) is 5.79. The molecule has 0 aromatic carbocycles. The van der Waals surface area contributed by atoms with Crippen molar-refractivity contribution in [3.63, 3.8) is 0 Å². The third-order valence-electron chi connectivity index (χ3n) is 2.57. The van der Waals surface area contributed by atoms with Gasteiger partial charge in [0.2, 0.25) is 5.91 Å². The van der Waals surface area contributed by atoms with E-state index in [0.29, 0.717) is 11.9 Å². The van der Waals surface area contributed by atoms with Crippen LogP contribution in [0.5, 0.6) is 0 Å². The molecule has 0 radical (unpaired) electrons. The highest BCUT2D eigenvalue weighted by Gasteiger charge is 2.39. The van der Waals surface area contributed by atoms with Gasteiger partial charge in [0.15, 0.2) is 0 Å². The lowest BCUT2D eigenvalue weighted by Gasteiger charge is -2.16. The number of rotatable bonds is 0. The number of nitrogens with zero attached hydrogens (tertiary/aromatic N) is 1. The van der Waals surface area contributed by atoms with Gasteiger partial charge >= 0.3 is 0 Å². The van der Waals surface area contributed by atoms with Crippen molar-refractivity contribution in [2.24, 2.45) is 5.73 Å². The summed E-state index contributed by atoms with van der Waals surface area (Å²) in [7, 11) is 0. The van der Waals surface area contributed by atoms with Gasteiger partial charge in [-0.2, -0.15) is 0 Å². The van der Waals surface area contributed by atoms with E-state index in [2.05, 4.69) is 0 Å². The first-order chi connectivity index (χ1) is 4.79. The van der Waals surface area contributed by atoms with E-state index in [1.165, 1.54) is 0 Å². The van der Waals surface area contributed by atoms with E-state index in [4.69, 9.17) is 5.73 Å². The molecule has 2 aliphatic heterocycles. The van der Waals surface area contributed by atoms with Crippen molar-refractivity contribution in [1.82, 2.24) is 4.90 Å². The largest absolute Gasteiger partial charge is 0.338 e. The number of carbonyl (C=O) groups excluding carboxylic acids is 1. The fraction of sp³-hybridized carbons (Fsp3) is 0.857. The second kappa shape index (κ2) is 1.95. The van der Waals surface area contributed by atoms with Gasteiger partial charge in [-0.15, -0.1) is 0 Å². The quantitative estimate of drug-likeness (QED) is 0.502. The molecule has 3 heteroatoms. The van der Waals surface area contributed by atoms with Gasteiger partial charge in [-0.05, 0) is 12.8 Å². The van der Waals surface area contributed by atoms with E-state index in [1.807, 2.05) is 4.90 Å². The highest BCUT2D eigenvalue weighted by atomic mass is 16.2. The lowest BCUT2D eigenvalue weighted by Crippen LogP contribution is -2.35. The van der Waals surface area contributed by atoms with Crippen LogP contribution < -0.4 is 5.73 Å². The summed E-state index contributed by atoms with van der Waals surface area (Å²) < 4.78 is 0. The minimum atomic E-state index is 0.256. The molecule has 0 unspecified atom stereocenters. The minimum absolute atomic E-state index is 0.256. The van der Waals surface area contributed by atoms with Gasteiger partial charge in [0.25, 0.3) is 0 Å². The lowest BCUT2D eigenvalue weighted by atomic mass is 10.1. The van der Waals surface area contributed by atoms with Crippen molar-refractivity contribution < 1.29 is 4.79 Å². The highest BCUT2D eigenvalue weighted by molar-refractivity contribution is 5.79. The van der Waals surface area contributed by atoms with Gasteiger partial charge in [-0.25, -0.2) is 0 Å². The monoisotopic (exact) mass is 140 g/mol. The molecule has 56 valence electrons. The smallest absolute Gasteiger partial charge is 0.222 e. The topological polar surface area (TPSA) is 46.3 Å². The van der Waals surface area contributed by atoms with E-state index in [0.717, 1.165) is 25.8 Å². The Balaban J connectivity index is 2.16. The van der Waals surface area contributed by atoms with Crippen LogP contribution in [0.4, 0.5) is 0 Å². The maximum atomic E-state index is 11.1. The normalized spacial score (nSPS) is 38.9. The highest BCUT2D eigenvalue weighted by Crippen LogP contribution is 2.27. The molecule has 2 saturated heterocycles. The van der Waals surface area contributed by atoms with E-state index in [9.17, 15) is 4.79 Å². The van der Waals surface area contributed by atoms with E-state index in [1.54, 1.807) is 0 Å². The van der Waals surface area contributed by atoms with E-state index in [-0.39, 0.29) is 6.04 Å². The zero-order valence-electron chi connectivity index (χ0n) is 5.92. The molecule has 10 heavy (non-hydrogen) atoms. The third kappa shape index (κ3) is 0.669. The molecule has 2 heterocycles. The number of carbonyl (C=O) groups is 1. The average molecular weight is 140 g/mol. The van der Waals surface area contributed by atoms with Crippen molar-refractivity contribution in [3.05, 3.63) is 0 Å². The molecule has 2 aliphatic rings. The van der Waals surface area contributed by atoms with Crippen LogP contribution >= 0.6 is 0 Å². The fourth-order valence-corrected chi connectivity index (χ4v) is 1.97. The summed E-state index contributed by atoms with van der Waals surface area (Å²) in [6.07, 6.45) is 2.70. The van der Waals surface area contributed by atoms with Crippen molar-refractivity contribution in [3.8, 4) is 0 Å². The molecule has 0 aliphatic carbocycles. The second-order valence-corrected chi connectivity index (χ2v) is 3.15. The molecule has 0 aromatic heterocycles. The minimum Gasteiger partial charge on any atom is -0.338 e. The average Bonchev–Trinajstić information content (AvgIpc) is 2.41. The Labute approximate surface area is 60.2 Å². The predicted molar refractivity (Wildman–Crippen MR) is 37.3 cm³/mol. The molecular weight excluding hydrogens is 128 g/mol. The molecular formula is C7H12N2O. The number of nitrogens with two attached hydrogens (primary N) is 1. The fourth-order valence-electron chi connectivity index (χ4n) is 1.97. The van der Waals surface area contributed by atoms with Gasteiger partial charge < -0.3 is 10.6 Å². The summed E-state index contributed by atoms with van der Waals surface area (Å²) in [6, 6.07) is 0.638. The molecule has 2 atom stereocenters. The zero-order chi connectivity index (χ0) is 7.14. The summed E-state index contributed by atoms with van der Waals surface area (Å²) in [4.78, 5) is 13.0. The molecule has 1 amide bonds. The first kappa shape index (κ1) is 6.16. The molecule has 2 N–H and O–H groups in total. The molecule has 0 spiro atoms. The SMILES string of the molecule is N[C@H]1CCN2C(=O)CC[C@@H]12. The molecule has 3 nitrogen and oxygen atoms in total. The van der Waals surface area contributed by atoms with E-state index >= 15 is 0 Å². The Morgan fingerprint density at radius 2 is 2.30 bits per heavy atom. The number of amides is 1. The first-order valence-corrected chi connectivity index (χ1v) is 3.84. The first-order valence-electron chi connectivity index (χ1n) is 3.84. The molecule has 0 aromatic rings. The Hall–Kier alpha value is -0.570. The lowest BCUT2D eigenvalue weighted by molar-refractivity contribution is -0.127. The summed E-state index contributed by atoms with van der Waals surface area (Å²) in [5.74, 6) is 0.304. The Morgan fingerprint density at radius 3 is 3.00 bits per heavy atom. The van der Waals surface area contributed by atoms with Gasteiger partial charge in [0.1, 0.15) is 0 Å². The van der Waals surface area contributed by atoms with Crippen molar-refractivity contribution in [1.29, 1.82) is 0 Å². The zero-order valence-corrected chi connectivity index (χ0v) is 5.92. The summed E-state index contributed by atoms with van der Waals surface area (Å²) in [6.45, 7) is 0.894. The van der Waals surface area contributed by atoms with Crippen molar-refractivity contribution >= 4 is 5.91 Å². The van der Waals surface area contributed by atoms with Crippen LogP contribution in [0, 0.1) is 0 Å². The number of hydrogen-bond donors (Lipinski definition) is 1. The van der Waals surface area contributed by atoms with Crippen molar-refractivity contribution in [2.45, 2.75) is 31.3 Å². The number of fused-ring (bicyclic) bond motifs is 1. The molecule has 2 fully saturated rings. The van der Waals surface area contributed by atoms with Crippen LogP contribution in [0.25, 0.3) is 0 Å². The van der Waals surface area contributed by atoms with Gasteiger partial charge in [-0.3, -0.25) is 4.79 Å². The maximum absolute atomic E-state index is 11.1. The third-order valence-corrected chi connectivity index (χ3v) is 2.57. The van der Waals surface area contributed by atoms with Crippen LogP contribution in [0.15, 0.2) is 0 Å². The molecule has 0 bridgehead atoms. The van der Waals surface area contributed by atoms with Crippen LogP contribution in [0.2, 0.25) is 0 Å². The van der Waals surface area contributed by atoms with Gasteiger partial charge in [0.05, 0.1) is 0 Å². The predicted octanol–water partition coefficient (Wildman–Crippen LogP) is -0.292. The molecule has 0 saturated carbocycles. The van der Waals surface area contributed by atoms with Crippen LogP contribution in [0.1, 0.15) is 19.3 Å².